The average molecular weight is 547 g/mol. The van der Waals surface area contributed by atoms with Gasteiger partial charge in [-0.3, -0.25) is 19.1 Å². The summed E-state index contributed by atoms with van der Waals surface area (Å²) in [6, 6.07) is 2.33. The molecule has 210 valence electrons. The van der Waals surface area contributed by atoms with Gasteiger partial charge in [-0.2, -0.15) is 5.10 Å². The van der Waals surface area contributed by atoms with Gasteiger partial charge >= 0.3 is 0 Å². The summed E-state index contributed by atoms with van der Waals surface area (Å²) in [5.41, 5.74) is 3.84. The lowest BCUT2D eigenvalue weighted by molar-refractivity contribution is -0.140. The van der Waals surface area contributed by atoms with Crippen molar-refractivity contribution in [3.05, 3.63) is 53.0 Å². The second-order valence-corrected chi connectivity index (χ2v) is 11.7. The minimum absolute atomic E-state index is 0.0531. The number of Topliss-reactive ketones (excluding diaryl/α,β-unsaturated/α-hetero) is 1. The van der Waals surface area contributed by atoms with Crippen LogP contribution < -0.4 is 5.32 Å². The van der Waals surface area contributed by atoms with Crippen molar-refractivity contribution < 1.29 is 18.8 Å². The van der Waals surface area contributed by atoms with Crippen LogP contribution >= 0.6 is 0 Å². The van der Waals surface area contributed by atoms with E-state index >= 15 is 0 Å². The zero-order chi connectivity index (χ0) is 29.1. The highest BCUT2D eigenvalue weighted by Gasteiger charge is 2.64. The van der Waals surface area contributed by atoms with Crippen molar-refractivity contribution in [2.75, 3.05) is 0 Å². The van der Waals surface area contributed by atoms with E-state index in [4.69, 9.17) is 0 Å². The van der Waals surface area contributed by atoms with E-state index in [9.17, 15) is 18.8 Å². The number of carbonyl (C=O) groups is 3. The van der Waals surface area contributed by atoms with Gasteiger partial charge in [0.1, 0.15) is 29.9 Å². The highest BCUT2D eigenvalue weighted by Crippen LogP contribution is 2.59. The molecule has 2 aromatic heterocycles. The van der Waals surface area contributed by atoms with Gasteiger partial charge in [-0.15, -0.1) is 0 Å². The van der Waals surface area contributed by atoms with Crippen LogP contribution in [0.25, 0.3) is 22.0 Å². The van der Waals surface area contributed by atoms with Crippen LogP contribution in [0.3, 0.4) is 0 Å². The number of halogens is 1. The van der Waals surface area contributed by atoms with Crippen molar-refractivity contribution in [1.29, 1.82) is 0 Å². The SMILES string of the molecule is CC(=O)c1nn(CC(=O)N2[C@H](C(=O)NC(C)C(F)=C(C)C)C[C@@]3(C)C[C@@H]23)c2c(C)cc(-c3cnc(C)nc3)cc12. The predicted octanol–water partition coefficient (Wildman–Crippen LogP) is 4.46. The molecule has 2 aliphatic rings. The van der Waals surface area contributed by atoms with E-state index in [0.29, 0.717) is 28.7 Å². The first-order valence-electron chi connectivity index (χ1n) is 13.6. The summed E-state index contributed by atoms with van der Waals surface area (Å²) < 4.78 is 16.0. The number of allylic oxidation sites excluding steroid dienone is 1. The first kappa shape index (κ1) is 27.6. The Hall–Kier alpha value is -3.95. The molecule has 3 aromatic rings. The second kappa shape index (κ2) is 9.91. The lowest BCUT2D eigenvalue weighted by atomic mass is 10.0. The smallest absolute Gasteiger partial charge is 0.245 e. The van der Waals surface area contributed by atoms with E-state index in [-0.39, 0.29) is 47.1 Å². The molecule has 1 aliphatic carbocycles. The molecule has 1 saturated carbocycles. The van der Waals surface area contributed by atoms with Crippen LogP contribution in [-0.2, 0) is 16.1 Å². The molecule has 2 amide bonds. The Kier molecular flexibility index (Phi) is 6.84. The number of aromatic nitrogens is 4. The fourth-order valence-electron chi connectivity index (χ4n) is 5.99. The van der Waals surface area contributed by atoms with Gasteiger partial charge in [0.25, 0.3) is 0 Å². The summed E-state index contributed by atoms with van der Waals surface area (Å²) in [6.07, 6.45) is 4.82. The number of nitrogens with one attached hydrogen (secondary N) is 1. The summed E-state index contributed by atoms with van der Waals surface area (Å²) in [5, 5.41) is 7.96. The minimum Gasteiger partial charge on any atom is -0.345 e. The first-order chi connectivity index (χ1) is 18.8. The van der Waals surface area contributed by atoms with Gasteiger partial charge in [-0.05, 0) is 81.7 Å². The number of benzene rings is 1. The van der Waals surface area contributed by atoms with Gasteiger partial charge in [0, 0.05) is 36.3 Å². The Labute approximate surface area is 232 Å². The molecule has 10 heteroatoms. The molecular formula is C30H35FN6O3. The summed E-state index contributed by atoms with van der Waals surface area (Å²) in [4.78, 5) is 49.8. The molecular weight excluding hydrogens is 511 g/mol. The molecule has 2 fully saturated rings. The van der Waals surface area contributed by atoms with Crippen molar-refractivity contribution in [2.24, 2.45) is 5.41 Å². The Bertz CT molecular complexity index is 1570. The minimum atomic E-state index is -0.775. The van der Waals surface area contributed by atoms with Crippen molar-refractivity contribution in [2.45, 2.75) is 86.0 Å². The number of piperidine rings is 1. The van der Waals surface area contributed by atoms with E-state index < -0.39 is 12.1 Å². The maximum atomic E-state index is 14.4. The lowest BCUT2D eigenvalue weighted by Crippen LogP contribution is -2.50. The maximum absolute atomic E-state index is 14.4. The first-order valence-corrected chi connectivity index (χ1v) is 13.6. The van der Waals surface area contributed by atoms with Crippen molar-refractivity contribution in [3.8, 4) is 11.1 Å². The molecule has 1 saturated heterocycles. The van der Waals surface area contributed by atoms with E-state index in [1.54, 1.807) is 42.7 Å². The van der Waals surface area contributed by atoms with Gasteiger partial charge in [-0.1, -0.05) is 6.92 Å². The molecule has 1 N–H and O–H groups in total. The number of carbonyl (C=O) groups excluding carboxylic acids is 3. The number of hydrogen-bond donors (Lipinski definition) is 1. The number of ketones is 1. The van der Waals surface area contributed by atoms with Gasteiger partial charge in [0.05, 0.1) is 11.6 Å². The summed E-state index contributed by atoms with van der Waals surface area (Å²) in [6.45, 7) is 12.0. The Morgan fingerprint density at radius 2 is 1.77 bits per heavy atom. The molecule has 1 unspecified atom stereocenters. The molecule has 3 heterocycles. The van der Waals surface area contributed by atoms with Crippen molar-refractivity contribution in [1.82, 2.24) is 30.0 Å². The van der Waals surface area contributed by atoms with E-state index in [1.165, 1.54) is 6.92 Å². The molecule has 0 radical (unpaired) electrons. The number of fused-ring (bicyclic) bond motifs is 2. The highest BCUT2D eigenvalue weighted by molar-refractivity contribution is 6.07. The fourth-order valence-corrected chi connectivity index (χ4v) is 5.99. The van der Waals surface area contributed by atoms with Gasteiger partial charge in [0.15, 0.2) is 5.78 Å². The van der Waals surface area contributed by atoms with Crippen LogP contribution in [0, 0.1) is 19.3 Å². The lowest BCUT2D eigenvalue weighted by Gasteiger charge is -2.28. The van der Waals surface area contributed by atoms with Crippen LogP contribution in [0.4, 0.5) is 4.39 Å². The van der Waals surface area contributed by atoms with Crippen LogP contribution in [0.1, 0.15) is 69.3 Å². The largest absolute Gasteiger partial charge is 0.345 e. The number of rotatable bonds is 7. The third-order valence-corrected chi connectivity index (χ3v) is 8.21. The van der Waals surface area contributed by atoms with E-state index in [1.807, 2.05) is 26.0 Å². The summed E-state index contributed by atoms with van der Waals surface area (Å²) in [7, 11) is 0. The fraction of sp³-hybridized carbons (Fsp3) is 0.467. The van der Waals surface area contributed by atoms with Gasteiger partial charge in [-0.25, -0.2) is 14.4 Å². The standard InChI is InChI=1S/C30H35FN6O3/c1-15(2)26(31)17(4)34-29(40)23-10-30(7)11-24(30)37(23)25(39)14-36-28-16(3)8-20(21-12-32-19(6)33-13-21)9-22(28)27(35-36)18(5)38/h8-9,12-13,17,23-24H,10-11,14H2,1-7H3,(H,34,40)/t17?,23-,24+,30-/m0/s1. The van der Waals surface area contributed by atoms with Crippen molar-refractivity contribution >= 4 is 28.5 Å². The number of likely N-dealkylation sites (tertiary alicyclic amines) is 1. The monoisotopic (exact) mass is 546 g/mol. The number of nitrogens with zero attached hydrogens (tertiary/aromatic N) is 5. The Balaban J connectivity index is 1.46. The normalized spacial score (nSPS) is 22.1. The molecule has 9 nitrogen and oxygen atoms in total. The van der Waals surface area contributed by atoms with Gasteiger partial charge in [0.2, 0.25) is 11.8 Å². The van der Waals surface area contributed by atoms with E-state index in [2.05, 4.69) is 27.3 Å². The molecule has 40 heavy (non-hydrogen) atoms. The molecule has 0 spiro atoms. The van der Waals surface area contributed by atoms with Crippen LogP contribution in [0.2, 0.25) is 0 Å². The van der Waals surface area contributed by atoms with Crippen LogP contribution in [0.5, 0.6) is 0 Å². The number of amides is 2. The zero-order valence-electron chi connectivity index (χ0n) is 24.0. The average Bonchev–Trinajstić information content (AvgIpc) is 3.24. The topological polar surface area (TPSA) is 110 Å². The molecule has 1 aliphatic heterocycles. The van der Waals surface area contributed by atoms with Crippen LogP contribution in [0.15, 0.2) is 35.9 Å². The third kappa shape index (κ3) is 4.80. The second-order valence-electron chi connectivity index (χ2n) is 11.7. The maximum Gasteiger partial charge on any atom is 0.245 e. The van der Waals surface area contributed by atoms with Crippen LogP contribution in [-0.4, -0.2) is 60.4 Å². The number of hydrogen-bond acceptors (Lipinski definition) is 6. The summed E-state index contributed by atoms with van der Waals surface area (Å²) >= 11 is 0. The number of aryl methyl sites for hydroxylation is 2. The third-order valence-electron chi connectivity index (χ3n) is 8.21. The van der Waals surface area contributed by atoms with Gasteiger partial charge < -0.3 is 10.2 Å². The molecule has 0 bridgehead atoms. The highest BCUT2D eigenvalue weighted by atomic mass is 19.1. The van der Waals surface area contributed by atoms with E-state index in [0.717, 1.165) is 23.1 Å². The Morgan fingerprint density at radius 1 is 1.10 bits per heavy atom. The summed E-state index contributed by atoms with van der Waals surface area (Å²) in [5.74, 6) is -0.545. The molecule has 5 rings (SSSR count). The zero-order valence-corrected chi connectivity index (χ0v) is 24.0. The molecule has 4 atom stereocenters. The molecule has 1 aromatic carbocycles. The Morgan fingerprint density at radius 3 is 2.40 bits per heavy atom. The van der Waals surface area contributed by atoms with Crippen molar-refractivity contribution in [3.63, 3.8) is 0 Å². The quantitative estimate of drug-likeness (QED) is 0.438. The predicted molar refractivity (Wildman–Crippen MR) is 149 cm³/mol.